The number of para-hydroxylation sites is 2. The first-order chi connectivity index (χ1) is 9.83. The van der Waals surface area contributed by atoms with Gasteiger partial charge in [0.2, 0.25) is 0 Å². The summed E-state index contributed by atoms with van der Waals surface area (Å²) in [4.78, 5) is 8.12. The highest BCUT2D eigenvalue weighted by Crippen LogP contribution is 2.29. The number of aromatic amines is 1. The van der Waals surface area contributed by atoms with E-state index in [9.17, 15) is 0 Å². The van der Waals surface area contributed by atoms with Crippen LogP contribution < -0.4 is 0 Å². The Labute approximate surface area is 117 Å². The molecule has 1 N–H and O–H groups in total. The van der Waals surface area contributed by atoms with Crippen LogP contribution in [0.1, 0.15) is 5.56 Å². The maximum Gasteiger partial charge on any atom is 0.0733 e. The number of H-pyrrole nitrogens is 1. The molecule has 0 unspecified atom stereocenters. The van der Waals surface area contributed by atoms with Gasteiger partial charge in [-0.05, 0) is 30.7 Å². The predicted molar refractivity (Wildman–Crippen MR) is 83.8 cm³/mol. The number of pyridine rings is 1. The molecular weight excluding hydrogens is 244 g/mol. The van der Waals surface area contributed by atoms with Gasteiger partial charge in [-0.2, -0.15) is 0 Å². The Hall–Kier alpha value is -2.61. The fourth-order valence-corrected chi connectivity index (χ4v) is 2.77. The Bertz CT molecular complexity index is 919. The Balaban J connectivity index is 2.03. The molecule has 0 amide bonds. The van der Waals surface area contributed by atoms with Crippen molar-refractivity contribution in [3.8, 4) is 11.3 Å². The third-order valence-corrected chi connectivity index (χ3v) is 3.79. The average Bonchev–Trinajstić information content (AvgIpc) is 2.91. The lowest BCUT2D eigenvalue weighted by Crippen LogP contribution is -1.87. The van der Waals surface area contributed by atoms with Crippen LogP contribution in [0.3, 0.4) is 0 Å². The van der Waals surface area contributed by atoms with Crippen LogP contribution in [0, 0.1) is 6.92 Å². The number of rotatable bonds is 1. The van der Waals surface area contributed by atoms with E-state index in [2.05, 4.69) is 54.4 Å². The summed E-state index contributed by atoms with van der Waals surface area (Å²) in [6.07, 6.45) is 2.04. The van der Waals surface area contributed by atoms with Crippen molar-refractivity contribution in [1.82, 2.24) is 9.97 Å². The minimum Gasteiger partial charge on any atom is -0.360 e. The predicted octanol–water partition coefficient (Wildman–Crippen LogP) is 4.69. The molecule has 2 aromatic carbocycles. The summed E-state index contributed by atoms with van der Waals surface area (Å²) < 4.78 is 0. The quantitative estimate of drug-likeness (QED) is 0.527. The highest BCUT2D eigenvalue weighted by Gasteiger charge is 2.09. The SMILES string of the molecule is Cc1cc(-c2c[nH]c3ccccc23)nc2ccccc12. The average molecular weight is 258 g/mol. The first-order valence-electron chi connectivity index (χ1n) is 6.76. The number of aryl methyl sites for hydroxylation is 1. The number of nitrogens with zero attached hydrogens (tertiary/aromatic N) is 1. The molecule has 2 heteroatoms. The molecule has 0 atom stereocenters. The second kappa shape index (κ2) is 4.20. The van der Waals surface area contributed by atoms with Crippen molar-refractivity contribution in [2.45, 2.75) is 6.92 Å². The van der Waals surface area contributed by atoms with Crippen LogP contribution in [0.2, 0.25) is 0 Å². The summed E-state index contributed by atoms with van der Waals surface area (Å²) in [6.45, 7) is 2.14. The first-order valence-corrected chi connectivity index (χ1v) is 6.76. The van der Waals surface area contributed by atoms with Crippen LogP contribution in [-0.2, 0) is 0 Å². The Morgan fingerprint density at radius 3 is 2.55 bits per heavy atom. The molecule has 0 spiro atoms. The smallest absolute Gasteiger partial charge is 0.0733 e. The minimum absolute atomic E-state index is 1.03. The zero-order valence-electron chi connectivity index (χ0n) is 11.2. The lowest BCUT2D eigenvalue weighted by atomic mass is 10.0. The van der Waals surface area contributed by atoms with Crippen LogP contribution in [-0.4, -0.2) is 9.97 Å². The molecule has 0 fully saturated rings. The molecule has 20 heavy (non-hydrogen) atoms. The maximum atomic E-state index is 4.81. The summed E-state index contributed by atoms with van der Waals surface area (Å²) in [5.41, 5.74) is 5.65. The van der Waals surface area contributed by atoms with Gasteiger partial charge in [0, 0.05) is 28.0 Å². The summed E-state index contributed by atoms with van der Waals surface area (Å²) in [5, 5.41) is 2.44. The van der Waals surface area contributed by atoms with Crippen LogP contribution in [0.5, 0.6) is 0 Å². The molecule has 96 valence electrons. The largest absolute Gasteiger partial charge is 0.360 e. The van der Waals surface area contributed by atoms with E-state index in [0.717, 1.165) is 22.3 Å². The normalized spacial score (nSPS) is 11.2. The van der Waals surface area contributed by atoms with Crippen molar-refractivity contribution in [3.05, 3.63) is 66.4 Å². The van der Waals surface area contributed by atoms with Gasteiger partial charge in [-0.15, -0.1) is 0 Å². The minimum atomic E-state index is 1.03. The monoisotopic (exact) mass is 258 g/mol. The van der Waals surface area contributed by atoms with Crippen LogP contribution >= 0.6 is 0 Å². The Morgan fingerprint density at radius 2 is 1.65 bits per heavy atom. The molecule has 0 saturated heterocycles. The lowest BCUT2D eigenvalue weighted by Gasteiger charge is -2.05. The highest BCUT2D eigenvalue weighted by molar-refractivity contribution is 5.96. The van der Waals surface area contributed by atoms with Gasteiger partial charge in [0.25, 0.3) is 0 Å². The topological polar surface area (TPSA) is 28.7 Å². The van der Waals surface area contributed by atoms with Gasteiger partial charge in [0.15, 0.2) is 0 Å². The molecule has 0 aliphatic rings. The highest BCUT2D eigenvalue weighted by atomic mass is 14.7. The Kier molecular flexibility index (Phi) is 2.36. The van der Waals surface area contributed by atoms with Gasteiger partial charge in [-0.1, -0.05) is 36.4 Å². The van der Waals surface area contributed by atoms with E-state index in [0.29, 0.717) is 0 Å². The van der Waals surface area contributed by atoms with Crippen molar-refractivity contribution in [2.24, 2.45) is 0 Å². The molecule has 0 saturated carbocycles. The van der Waals surface area contributed by atoms with E-state index >= 15 is 0 Å². The van der Waals surface area contributed by atoms with Gasteiger partial charge in [0.05, 0.1) is 11.2 Å². The number of fused-ring (bicyclic) bond motifs is 2. The number of hydrogen-bond acceptors (Lipinski definition) is 1. The van der Waals surface area contributed by atoms with Crippen LogP contribution in [0.4, 0.5) is 0 Å². The Morgan fingerprint density at radius 1 is 0.900 bits per heavy atom. The summed E-state index contributed by atoms with van der Waals surface area (Å²) >= 11 is 0. The van der Waals surface area contributed by atoms with E-state index in [1.807, 2.05) is 18.3 Å². The van der Waals surface area contributed by atoms with E-state index in [1.54, 1.807) is 0 Å². The molecule has 0 radical (unpaired) electrons. The number of benzene rings is 2. The van der Waals surface area contributed by atoms with Gasteiger partial charge in [0.1, 0.15) is 0 Å². The summed E-state index contributed by atoms with van der Waals surface area (Å²) in [7, 11) is 0. The standard InChI is InChI=1S/C18H14N2/c1-12-10-18(20-17-9-5-2-6-13(12)17)15-11-19-16-8-4-3-7-14(15)16/h2-11,19H,1H3. The van der Waals surface area contributed by atoms with Gasteiger partial charge >= 0.3 is 0 Å². The maximum absolute atomic E-state index is 4.81. The lowest BCUT2D eigenvalue weighted by molar-refractivity contribution is 1.36. The van der Waals surface area contributed by atoms with E-state index in [1.165, 1.54) is 16.3 Å². The van der Waals surface area contributed by atoms with Gasteiger partial charge in [-0.3, -0.25) is 0 Å². The molecule has 0 bridgehead atoms. The van der Waals surface area contributed by atoms with Crippen molar-refractivity contribution in [1.29, 1.82) is 0 Å². The van der Waals surface area contributed by atoms with Crippen molar-refractivity contribution in [2.75, 3.05) is 0 Å². The fourth-order valence-electron chi connectivity index (χ4n) is 2.77. The molecular formula is C18H14N2. The number of nitrogens with one attached hydrogen (secondary N) is 1. The molecule has 0 aliphatic carbocycles. The van der Waals surface area contributed by atoms with Crippen molar-refractivity contribution in [3.63, 3.8) is 0 Å². The molecule has 2 heterocycles. The number of hydrogen-bond donors (Lipinski definition) is 1. The van der Waals surface area contributed by atoms with Crippen LogP contribution in [0.25, 0.3) is 33.1 Å². The van der Waals surface area contributed by atoms with Crippen LogP contribution in [0.15, 0.2) is 60.8 Å². The summed E-state index contributed by atoms with van der Waals surface area (Å²) in [6, 6.07) is 18.8. The van der Waals surface area contributed by atoms with E-state index in [-0.39, 0.29) is 0 Å². The number of aromatic nitrogens is 2. The zero-order chi connectivity index (χ0) is 13.5. The van der Waals surface area contributed by atoms with E-state index < -0.39 is 0 Å². The van der Waals surface area contributed by atoms with Gasteiger partial charge < -0.3 is 4.98 Å². The molecule has 2 nitrogen and oxygen atoms in total. The molecule has 4 aromatic rings. The second-order valence-electron chi connectivity index (χ2n) is 5.09. The molecule has 4 rings (SSSR count). The zero-order valence-corrected chi connectivity index (χ0v) is 11.2. The summed E-state index contributed by atoms with van der Waals surface area (Å²) in [5.74, 6) is 0. The van der Waals surface area contributed by atoms with Gasteiger partial charge in [-0.25, -0.2) is 4.98 Å². The van der Waals surface area contributed by atoms with E-state index in [4.69, 9.17) is 4.98 Å². The third kappa shape index (κ3) is 1.62. The first kappa shape index (κ1) is 11.2. The second-order valence-corrected chi connectivity index (χ2v) is 5.09. The van der Waals surface area contributed by atoms with Crippen molar-refractivity contribution >= 4 is 21.8 Å². The molecule has 2 aromatic heterocycles. The van der Waals surface area contributed by atoms with Crippen molar-refractivity contribution < 1.29 is 0 Å². The fraction of sp³-hybridized carbons (Fsp3) is 0.0556. The third-order valence-electron chi connectivity index (χ3n) is 3.79. The molecule has 0 aliphatic heterocycles.